The Balaban J connectivity index is 1.26. The van der Waals surface area contributed by atoms with Gasteiger partial charge in [0, 0.05) is 51.7 Å². The third-order valence-electron chi connectivity index (χ3n) is 6.51. The van der Waals surface area contributed by atoms with Crippen LogP contribution in [-0.4, -0.2) is 92.7 Å². The lowest BCUT2D eigenvalue weighted by Gasteiger charge is -2.41. The first kappa shape index (κ1) is 18.7. The maximum absolute atomic E-state index is 12.9. The molecule has 3 saturated heterocycles. The summed E-state index contributed by atoms with van der Waals surface area (Å²) in [5.74, 6) is 0.739. The lowest BCUT2D eigenvalue weighted by molar-refractivity contribution is -0.138. The molecular formula is C18H31N3O4S. The maximum Gasteiger partial charge on any atom is 0.225 e. The highest BCUT2D eigenvalue weighted by molar-refractivity contribution is 7.89. The summed E-state index contributed by atoms with van der Waals surface area (Å²) in [7, 11) is -3.27. The van der Waals surface area contributed by atoms with Crippen LogP contribution in [0.15, 0.2) is 0 Å². The lowest BCUT2D eigenvalue weighted by atomic mass is 10.0. The van der Waals surface area contributed by atoms with Crippen molar-refractivity contribution in [1.29, 1.82) is 0 Å². The van der Waals surface area contributed by atoms with E-state index in [1.165, 1.54) is 0 Å². The van der Waals surface area contributed by atoms with Crippen LogP contribution in [0.1, 0.15) is 32.1 Å². The van der Waals surface area contributed by atoms with E-state index < -0.39 is 15.3 Å². The average Bonchev–Trinajstić information content (AvgIpc) is 3.26. The average molecular weight is 386 g/mol. The smallest absolute Gasteiger partial charge is 0.225 e. The van der Waals surface area contributed by atoms with Gasteiger partial charge in [0.2, 0.25) is 15.9 Å². The summed E-state index contributed by atoms with van der Waals surface area (Å²) in [5, 5.41) is -0.394. The van der Waals surface area contributed by atoms with Crippen molar-refractivity contribution in [1.82, 2.24) is 14.1 Å². The van der Waals surface area contributed by atoms with Gasteiger partial charge in [-0.25, -0.2) is 12.7 Å². The summed E-state index contributed by atoms with van der Waals surface area (Å²) < 4.78 is 32.9. The van der Waals surface area contributed by atoms with E-state index >= 15 is 0 Å². The van der Waals surface area contributed by atoms with E-state index in [1.807, 2.05) is 0 Å². The molecule has 0 N–H and O–H groups in total. The molecule has 4 aliphatic rings. The molecule has 0 aromatic rings. The summed E-state index contributed by atoms with van der Waals surface area (Å²) in [4.78, 5) is 16.5. The summed E-state index contributed by atoms with van der Waals surface area (Å²) in [6.07, 6.45) is 5.15. The standard InChI is InChI=1S/C18H31N3O4S/c22-18(16-3-1-2-4-16)20-13-17(14-20)26(23,24)21-6-5-15(12-21)11-19-7-9-25-10-8-19/h15-17H,1-14H2/t15-/m1/s1. The van der Waals surface area contributed by atoms with E-state index in [-0.39, 0.29) is 11.8 Å². The molecule has 3 heterocycles. The van der Waals surface area contributed by atoms with Crippen molar-refractivity contribution >= 4 is 15.9 Å². The highest BCUT2D eigenvalue weighted by Crippen LogP contribution is 2.31. The van der Waals surface area contributed by atoms with Crippen molar-refractivity contribution in [2.45, 2.75) is 37.4 Å². The molecule has 0 spiro atoms. The third-order valence-corrected chi connectivity index (χ3v) is 8.71. The number of nitrogens with zero attached hydrogens (tertiary/aromatic N) is 3. The molecule has 1 aliphatic carbocycles. The van der Waals surface area contributed by atoms with Gasteiger partial charge in [0.15, 0.2) is 0 Å². The van der Waals surface area contributed by atoms with Gasteiger partial charge in [0.25, 0.3) is 0 Å². The number of hydrogen-bond donors (Lipinski definition) is 0. The van der Waals surface area contributed by atoms with Gasteiger partial charge in [-0.2, -0.15) is 0 Å². The van der Waals surface area contributed by atoms with E-state index in [2.05, 4.69) is 4.90 Å². The van der Waals surface area contributed by atoms with Gasteiger partial charge in [0.05, 0.1) is 13.2 Å². The van der Waals surface area contributed by atoms with Crippen LogP contribution in [0.3, 0.4) is 0 Å². The second-order valence-corrected chi connectivity index (χ2v) is 10.5. The molecule has 0 aromatic carbocycles. The summed E-state index contributed by atoms with van der Waals surface area (Å²) in [6.45, 7) is 6.46. The first-order valence-corrected chi connectivity index (χ1v) is 11.6. The zero-order chi connectivity index (χ0) is 18.1. The largest absolute Gasteiger partial charge is 0.379 e. The quantitative estimate of drug-likeness (QED) is 0.684. The van der Waals surface area contributed by atoms with Crippen LogP contribution in [0.25, 0.3) is 0 Å². The van der Waals surface area contributed by atoms with Crippen molar-refractivity contribution in [3.63, 3.8) is 0 Å². The molecule has 4 rings (SSSR count). The normalized spacial score (nSPS) is 30.0. The minimum absolute atomic E-state index is 0.142. The zero-order valence-corrected chi connectivity index (χ0v) is 16.3. The highest BCUT2D eigenvalue weighted by Gasteiger charge is 2.45. The number of carbonyl (C=O) groups excluding carboxylic acids is 1. The van der Waals surface area contributed by atoms with E-state index in [0.29, 0.717) is 32.1 Å². The fourth-order valence-corrected chi connectivity index (χ4v) is 6.71. The molecule has 7 nitrogen and oxygen atoms in total. The van der Waals surface area contributed by atoms with Crippen LogP contribution in [0.2, 0.25) is 0 Å². The second-order valence-electron chi connectivity index (χ2n) is 8.32. The Morgan fingerprint density at radius 1 is 0.962 bits per heavy atom. The predicted molar refractivity (Wildman–Crippen MR) is 98.2 cm³/mol. The molecule has 0 radical (unpaired) electrons. The van der Waals surface area contributed by atoms with Crippen LogP contribution in [0, 0.1) is 11.8 Å². The molecule has 0 unspecified atom stereocenters. The van der Waals surface area contributed by atoms with Gasteiger partial charge >= 0.3 is 0 Å². The van der Waals surface area contributed by atoms with Crippen LogP contribution in [0.5, 0.6) is 0 Å². The molecule has 1 atom stereocenters. The summed E-state index contributed by atoms with van der Waals surface area (Å²) in [5.41, 5.74) is 0. The van der Waals surface area contributed by atoms with E-state index in [4.69, 9.17) is 4.74 Å². The van der Waals surface area contributed by atoms with Gasteiger partial charge in [-0.15, -0.1) is 0 Å². The SMILES string of the molecule is O=C(C1CCCC1)N1CC(S(=O)(=O)N2CC[C@H](CN3CCOCC3)C2)C1. The van der Waals surface area contributed by atoms with Crippen LogP contribution in [-0.2, 0) is 19.6 Å². The second kappa shape index (κ2) is 7.73. The highest BCUT2D eigenvalue weighted by atomic mass is 32.2. The molecular weight excluding hydrogens is 354 g/mol. The number of carbonyl (C=O) groups is 1. The molecule has 0 aromatic heterocycles. The lowest BCUT2D eigenvalue weighted by Crippen LogP contribution is -2.60. The molecule has 1 amide bonds. The van der Waals surface area contributed by atoms with Gasteiger partial charge in [0.1, 0.15) is 5.25 Å². The predicted octanol–water partition coefficient (Wildman–Crippen LogP) is 0.371. The maximum atomic E-state index is 12.9. The number of morpholine rings is 1. The minimum Gasteiger partial charge on any atom is -0.379 e. The number of amides is 1. The van der Waals surface area contributed by atoms with Gasteiger partial charge in [-0.3, -0.25) is 9.69 Å². The van der Waals surface area contributed by atoms with E-state index in [1.54, 1.807) is 9.21 Å². The molecule has 4 fully saturated rings. The minimum atomic E-state index is -3.27. The van der Waals surface area contributed by atoms with E-state index in [0.717, 1.165) is 65.0 Å². The van der Waals surface area contributed by atoms with Crippen molar-refractivity contribution in [3.8, 4) is 0 Å². The van der Waals surface area contributed by atoms with Crippen LogP contribution < -0.4 is 0 Å². The number of ether oxygens (including phenoxy) is 1. The number of hydrogen-bond acceptors (Lipinski definition) is 5. The monoisotopic (exact) mass is 385 g/mol. The first-order valence-electron chi connectivity index (χ1n) is 10.1. The topological polar surface area (TPSA) is 70.2 Å². The van der Waals surface area contributed by atoms with Crippen molar-refractivity contribution in [3.05, 3.63) is 0 Å². The number of likely N-dealkylation sites (tertiary alicyclic amines) is 1. The Hall–Kier alpha value is -0.700. The van der Waals surface area contributed by atoms with Crippen LogP contribution >= 0.6 is 0 Å². The molecule has 1 saturated carbocycles. The summed E-state index contributed by atoms with van der Waals surface area (Å²) >= 11 is 0. The molecule has 26 heavy (non-hydrogen) atoms. The Bertz CT molecular complexity index is 608. The van der Waals surface area contributed by atoms with Gasteiger partial charge in [-0.05, 0) is 25.2 Å². The first-order chi connectivity index (χ1) is 12.5. The van der Waals surface area contributed by atoms with Gasteiger partial charge < -0.3 is 9.64 Å². The van der Waals surface area contributed by atoms with E-state index in [9.17, 15) is 13.2 Å². The number of sulfonamides is 1. The molecule has 3 aliphatic heterocycles. The Labute approximate surface area is 156 Å². The third kappa shape index (κ3) is 3.79. The molecule has 148 valence electrons. The van der Waals surface area contributed by atoms with Gasteiger partial charge in [-0.1, -0.05) is 12.8 Å². The summed E-state index contributed by atoms with van der Waals surface area (Å²) in [6, 6.07) is 0. The Kier molecular flexibility index (Phi) is 5.55. The van der Waals surface area contributed by atoms with Crippen molar-refractivity contribution in [2.75, 3.05) is 59.0 Å². The van der Waals surface area contributed by atoms with Crippen molar-refractivity contribution < 1.29 is 17.9 Å². The number of rotatable bonds is 5. The van der Waals surface area contributed by atoms with Crippen molar-refractivity contribution in [2.24, 2.45) is 11.8 Å². The van der Waals surface area contributed by atoms with Crippen LogP contribution in [0.4, 0.5) is 0 Å². The fraction of sp³-hybridized carbons (Fsp3) is 0.944. The molecule has 8 heteroatoms. The Morgan fingerprint density at radius 2 is 1.65 bits per heavy atom. The zero-order valence-electron chi connectivity index (χ0n) is 15.5. The Morgan fingerprint density at radius 3 is 2.35 bits per heavy atom. The fourth-order valence-electron chi connectivity index (χ4n) is 4.77. The molecule has 0 bridgehead atoms.